The molecule has 0 atom stereocenters. The smallest absolute Gasteiger partial charge is 0.0669 e. The maximum atomic E-state index is 4.36. The van der Waals surface area contributed by atoms with Crippen LogP contribution in [0, 0.1) is 10.8 Å². The van der Waals surface area contributed by atoms with Crippen LogP contribution in [0.25, 0.3) is 31.2 Å². The van der Waals surface area contributed by atoms with E-state index in [1.54, 1.807) is 22.7 Å². The van der Waals surface area contributed by atoms with E-state index >= 15 is 0 Å². The quantitative estimate of drug-likeness (QED) is 0.403. The molecule has 0 spiro atoms. The van der Waals surface area contributed by atoms with Gasteiger partial charge in [-0.1, -0.05) is 0 Å². The van der Waals surface area contributed by atoms with E-state index < -0.39 is 0 Å². The molecule has 78 valence electrons. The Morgan fingerprint density at radius 2 is 1.29 bits per heavy atom. The van der Waals surface area contributed by atoms with Gasteiger partial charge in [-0.05, 0) is 0 Å². The summed E-state index contributed by atoms with van der Waals surface area (Å²) in [6.07, 6.45) is 0. The fraction of sp³-hybridized carbons (Fsp3) is 0. The molecule has 0 aliphatic rings. The molecule has 0 saturated carbocycles. The zero-order chi connectivity index (χ0) is 9.83. The van der Waals surface area contributed by atoms with E-state index in [-0.39, 0.29) is 65.4 Å². The Kier molecular flexibility index (Phi) is 4.85. The number of fused-ring (bicyclic) bond motifs is 6. The fourth-order valence-corrected chi connectivity index (χ4v) is 4.12. The van der Waals surface area contributed by atoms with E-state index in [9.17, 15) is 0 Å². The molecule has 1 aromatic carbocycles. The number of rotatable bonds is 0. The van der Waals surface area contributed by atoms with Gasteiger partial charge in [-0.15, -0.1) is 21.5 Å². The zero-order valence-corrected chi connectivity index (χ0v) is 16.6. The van der Waals surface area contributed by atoms with E-state index in [1.807, 2.05) is 12.1 Å². The van der Waals surface area contributed by atoms with Crippen molar-refractivity contribution in [1.29, 1.82) is 0 Å². The van der Waals surface area contributed by atoms with Crippen molar-refractivity contribution in [2.45, 2.75) is 0 Å². The molecule has 0 aliphatic heterocycles. The normalized spacial score (nSPS) is 10.6. The molecule has 0 N–H and O–H groups in total. The second-order valence-corrected chi connectivity index (χ2v) is 5.40. The molecule has 0 fully saturated rings. The molecular formula is C10H2N2S3Y2-2. The standard InChI is InChI=1S/C10H2N2S3.2Y/c1-3-13-9-5(1)7-8(12-15-11-7)6-2-4-14-10(6)9;;/h1-2H;;/q-2;;. The molecule has 4 aromatic rings. The molecule has 3 aromatic heterocycles. The molecule has 2 radical (unpaired) electrons. The molecule has 0 amide bonds. The zero-order valence-electron chi connectivity index (χ0n) is 8.43. The Morgan fingerprint density at radius 1 is 0.824 bits per heavy atom. The first-order chi connectivity index (χ1) is 7.45. The number of hydrogen-bond acceptors (Lipinski definition) is 5. The third-order valence-corrected chi connectivity index (χ3v) is 4.81. The second-order valence-electron chi connectivity index (χ2n) is 3.18. The van der Waals surface area contributed by atoms with Gasteiger partial charge in [0.05, 0.1) is 11.7 Å². The maximum absolute atomic E-state index is 4.36. The van der Waals surface area contributed by atoms with Gasteiger partial charge in [0.2, 0.25) is 0 Å². The molecule has 0 bridgehead atoms. The van der Waals surface area contributed by atoms with Gasteiger partial charge in [0.15, 0.2) is 0 Å². The van der Waals surface area contributed by atoms with Crippen LogP contribution in [-0.2, 0) is 65.4 Å². The molecule has 7 heteroatoms. The van der Waals surface area contributed by atoms with E-state index in [4.69, 9.17) is 0 Å². The largest absolute Gasteiger partial charge is 0.308 e. The molecule has 0 saturated heterocycles. The summed E-state index contributed by atoms with van der Waals surface area (Å²) in [5.74, 6) is 0. The van der Waals surface area contributed by atoms with Crippen LogP contribution in [0.15, 0.2) is 12.1 Å². The third-order valence-electron chi connectivity index (χ3n) is 2.42. The van der Waals surface area contributed by atoms with Crippen molar-refractivity contribution in [3.05, 3.63) is 22.9 Å². The van der Waals surface area contributed by atoms with Crippen LogP contribution < -0.4 is 0 Å². The van der Waals surface area contributed by atoms with Gasteiger partial charge in [-0.25, -0.2) is 0 Å². The van der Waals surface area contributed by atoms with Crippen molar-refractivity contribution in [3.63, 3.8) is 0 Å². The Bertz CT molecular complexity index is 592. The number of benzene rings is 1. The first-order valence-electron chi connectivity index (χ1n) is 4.28. The minimum Gasteiger partial charge on any atom is -0.308 e. The van der Waals surface area contributed by atoms with Gasteiger partial charge in [0, 0.05) is 76.5 Å². The van der Waals surface area contributed by atoms with Crippen molar-refractivity contribution in [2.75, 3.05) is 0 Å². The molecular weight excluding hydrogens is 422 g/mol. The molecule has 4 rings (SSSR count). The van der Waals surface area contributed by atoms with Crippen LogP contribution in [0.4, 0.5) is 0 Å². The van der Waals surface area contributed by atoms with Gasteiger partial charge in [-0.2, -0.15) is 30.3 Å². The van der Waals surface area contributed by atoms with Gasteiger partial charge >= 0.3 is 0 Å². The Labute approximate surface area is 160 Å². The number of thiophene rings is 2. The SMILES string of the molecule is [Y].[Y].[c-]1cc2c3nsnc3c3c[c-]sc3c2s1. The Hall–Kier alpha value is 1.17. The van der Waals surface area contributed by atoms with E-state index in [0.717, 1.165) is 11.0 Å². The number of hydrogen-bond donors (Lipinski definition) is 0. The van der Waals surface area contributed by atoms with Gasteiger partial charge in [0.25, 0.3) is 0 Å². The Morgan fingerprint density at radius 3 is 1.76 bits per heavy atom. The van der Waals surface area contributed by atoms with Crippen molar-refractivity contribution in [1.82, 2.24) is 8.75 Å². The summed E-state index contributed by atoms with van der Waals surface area (Å²) in [7, 11) is 0. The number of aromatic nitrogens is 2. The van der Waals surface area contributed by atoms with Crippen molar-refractivity contribution in [3.8, 4) is 0 Å². The van der Waals surface area contributed by atoms with E-state index in [1.165, 1.54) is 31.9 Å². The van der Waals surface area contributed by atoms with Gasteiger partial charge in [0.1, 0.15) is 0 Å². The molecule has 17 heavy (non-hydrogen) atoms. The first kappa shape index (κ1) is 14.6. The molecule has 0 unspecified atom stereocenters. The maximum Gasteiger partial charge on any atom is 0.0669 e. The van der Waals surface area contributed by atoms with Crippen LogP contribution in [-0.4, -0.2) is 8.75 Å². The van der Waals surface area contributed by atoms with Crippen LogP contribution in [0.3, 0.4) is 0 Å². The summed E-state index contributed by atoms with van der Waals surface area (Å²) < 4.78 is 11.2. The topological polar surface area (TPSA) is 25.8 Å². The average molecular weight is 424 g/mol. The van der Waals surface area contributed by atoms with Crippen LogP contribution in [0.1, 0.15) is 0 Å². The van der Waals surface area contributed by atoms with Crippen molar-refractivity contribution >= 4 is 65.6 Å². The van der Waals surface area contributed by atoms with E-state index in [2.05, 4.69) is 19.5 Å². The summed E-state index contributed by atoms with van der Waals surface area (Å²) in [5, 5.41) is 8.69. The van der Waals surface area contributed by atoms with Crippen molar-refractivity contribution in [2.24, 2.45) is 0 Å². The minimum atomic E-state index is 0. The van der Waals surface area contributed by atoms with Crippen LogP contribution in [0.2, 0.25) is 0 Å². The summed E-state index contributed by atoms with van der Waals surface area (Å²) >= 11 is 4.55. The predicted molar refractivity (Wildman–Crippen MR) is 65.9 cm³/mol. The summed E-state index contributed by atoms with van der Waals surface area (Å²) in [4.78, 5) is 0. The molecule has 0 aliphatic carbocycles. The fourth-order valence-electron chi connectivity index (χ4n) is 1.77. The van der Waals surface area contributed by atoms with Crippen molar-refractivity contribution < 1.29 is 65.4 Å². The molecule has 3 heterocycles. The number of nitrogens with zero attached hydrogens (tertiary/aromatic N) is 2. The predicted octanol–water partition coefficient (Wildman–Crippen LogP) is 3.72. The Balaban J connectivity index is 0.000000540. The summed E-state index contributed by atoms with van der Waals surface area (Å²) in [6.45, 7) is 0. The monoisotopic (exact) mass is 424 g/mol. The van der Waals surface area contributed by atoms with Gasteiger partial charge < -0.3 is 22.7 Å². The second kappa shape index (κ2) is 5.66. The van der Waals surface area contributed by atoms with Crippen LogP contribution in [0.5, 0.6) is 0 Å². The van der Waals surface area contributed by atoms with Gasteiger partial charge in [-0.3, -0.25) is 0 Å². The minimum absolute atomic E-state index is 0. The van der Waals surface area contributed by atoms with E-state index in [0.29, 0.717) is 0 Å². The molecule has 2 nitrogen and oxygen atoms in total. The van der Waals surface area contributed by atoms with Crippen LogP contribution >= 0.6 is 34.4 Å². The average Bonchev–Trinajstić information content (AvgIpc) is 2.97. The first-order valence-corrected chi connectivity index (χ1v) is 6.65. The summed E-state index contributed by atoms with van der Waals surface area (Å²) in [5.41, 5.74) is 2.01. The third kappa shape index (κ3) is 2.12. The summed E-state index contributed by atoms with van der Waals surface area (Å²) in [6, 6.07) is 4.01.